The normalized spacial score (nSPS) is 11.1. The second kappa shape index (κ2) is 8.55. The van der Waals surface area contributed by atoms with E-state index in [1.54, 1.807) is 54.7 Å². The number of benzene rings is 1. The van der Waals surface area contributed by atoms with Crippen molar-refractivity contribution in [3.8, 4) is 0 Å². The van der Waals surface area contributed by atoms with Gasteiger partial charge in [0.2, 0.25) is 0 Å². The molecule has 0 N–H and O–H groups in total. The van der Waals surface area contributed by atoms with E-state index in [-0.39, 0.29) is 34.8 Å². The number of halogens is 1. The van der Waals surface area contributed by atoms with Crippen LogP contribution in [0.2, 0.25) is 0 Å². The lowest BCUT2D eigenvalue weighted by Gasteiger charge is -2.21. The summed E-state index contributed by atoms with van der Waals surface area (Å²) in [5.74, 6) is -0.283. The predicted molar refractivity (Wildman–Crippen MR) is 115 cm³/mol. The molecule has 0 unspecified atom stereocenters. The molecule has 0 saturated heterocycles. The van der Waals surface area contributed by atoms with Crippen LogP contribution in [0.3, 0.4) is 0 Å². The molecule has 0 aliphatic heterocycles. The molecule has 3 heterocycles. The lowest BCUT2D eigenvalue weighted by atomic mass is 10.1. The number of fused-ring (bicyclic) bond motifs is 1. The van der Waals surface area contributed by atoms with Crippen LogP contribution in [-0.2, 0) is 13.1 Å². The van der Waals surface area contributed by atoms with Crippen LogP contribution in [-0.4, -0.2) is 26.9 Å². The summed E-state index contributed by atoms with van der Waals surface area (Å²) in [6.07, 6.45) is 4.91. The van der Waals surface area contributed by atoms with Crippen molar-refractivity contribution in [1.29, 1.82) is 0 Å². The molecular weight excluding hydrogens is 397 g/mol. The number of nitrogens with zero attached hydrogens (tertiary/aromatic N) is 3. The van der Waals surface area contributed by atoms with E-state index in [0.29, 0.717) is 30.0 Å². The third kappa shape index (κ3) is 3.99. The van der Waals surface area contributed by atoms with Gasteiger partial charge in [-0.1, -0.05) is 18.2 Å². The van der Waals surface area contributed by atoms with E-state index < -0.39 is 0 Å². The van der Waals surface area contributed by atoms with E-state index in [1.165, 1.54) is 10.6 Å². The Labute approximate surface area is 178 Å². The van der Waals surface area contributed by atoms with Crippen LogP contribution < -0.4 is 5.56 Å². The highest BCUT2D eigenvalue weighted by Gasteiger charge is 2.25. The van der Waals surface area contributed by atoms with Crippen LogP contribution in [0, 0.1) is 12.7 Å². The van der Waals surface area contributed by atoms with Crippen molar-refractivity contribution in [3.05, 3.63) is 99.7 Å². The van der Waals surface area contributed by atoms with Crippen LogP contribution in [0.15, 0.2) is 70.3 Å². The standard InChI is InChI=1S/C24H22FN3O3/c1-3-27(14-17-8-11-26-12-9-17)23(29)21-16(2)31-20-10-13-28(24(30)22(20)21)15-18-6-4-5-7-19(18)25/h4-13H,3,14-15H2,1-2H3. The first-order valence-corrected chi connectivity index (χ1v) is 10.0. The van der Waals surface area contributed by atoms with Gasteiger partial charge in [-0.3, -0.25) is 14.6 Å². The Kier molecular flexibility index (Phi) is 5.66. The number of carbonyl (C=O) groups excluding carboxylic acids is 1. The summed E-state index contributed by atoms with van der Waals surface area (Å²) in [6.45, 7) is 4.47. The van der Waals surface area contributed by atoms with Gasteiger partial charge in [0.1, 0.15) is 17.2 Å². The molecule has 0 aliphatic carbocycles. The third-order valence-electron chi connectivity index (χ3n) is 5.30. The average Bonchev–Trinajstić information content (AvgIpc) is 3.12. The van der Waals surface area contributed by atoms with Crippen molar-refractivity contribution in [2.24, 2.45) is 0 Å². The summed E-state index contributed by atoms with van der Waals surface area (Å²) in [6, 6.07) is 11.6. The van der Waals surface area contributed by atoms with Gasteiger partial charge in [0, 0.05) is 37.2 Å². The van der Waals surface area contributed by atoms with Crippen molar-refractivity contribution in [2.75, 3.05) is 6.54 Å². The second-order valence-corrected chi connectivity index (χ2v) is 7.29. The van der Waals surface area contributed by atoms with Gasteiger partial charge in [-0.25, -0.2) is 4.39 Å². The molecule has 6 nitrogen and oxygen atoms in total. The summed E-state index contributed by atoms with van der Waals surface area (Å²) in [5.41, 5.74) is 1.54. The quantitative estimate of drug-likeness (QED) is 0.471. The Morgan fingerprint density at radius 2 is 1.90 bits per heavy atom. The fourth-order valence-electron chi connectivity index (χ4n) is 3.65. The molecule has 4 rings (SSSR count). The number of hydrogen-bond acceptors (Lipinski definition) is 4. The van der Waals surface area contributed by atoms with E-state index in [0.717, 1.165) is 5.56 Å². The lowest BCUT2D eigenvalue weighted by molar-refractivity contribution is 0.0752. The molecule has 0 fully saturated rings. The number of hydrogen-bond donors (Lipinski definition) is 0. The fourth-order valence-corrected chi connectivity index (χ4v) is 3.65. The van der Waals surface area contributed by atoms with Crippen LogP contribution >= 0.6 is 0 Å². The van der Waals surface area contributed by atoms with Crippen LogP contribution in [0.1, 0.15) is 34.2 Å². The highest BCUT2D eigenvalue weighted by Crippen LogP contribution is 2.25. The zero-order valence-corrected chi connectivity index (χ0v) is 17.3. The van der Waals surface area contributed by atoms with Crippen molar-refractivity contribution < 1.29 is 13.6 Å². The van der Waals surface area contributed by atoms with Gasteiger partial charge < -0.3 is 13.9 Å². The van der Waals surface area contributed by atoms with E-state index in [4.69, 9.17) is 4.42 Å². The van der Waals surface area contributed by atoms with Gasteiger partial charge in [0.15, 0.2) is 0 Å². The minimum Gasteiger partial charge on any atom is -0.460 e. The predicted octanol–water partition coefficient (Wildman–Crippen LogP) is 4.15. The van der Waals surface area contributed by atoms with Crippen LogP contribution in [0.5, 0.6) is 0 Å². The smallest absolute Gasteiger partial charge is 0.262 e. The monoisotopic (exact) mass is 419 g/mol. The van der Waals surface area contributed by atoms with Gasteiger partial charge in [0.25, 0.3) is 11.5 Å². The summed E-state index contributed by atoms with van der Waals surface area (Å²) in [7, 11) is 0. The Hall–Kier alpha value is -3.74. The summed E-state index contributed by atoms with van der Waals surface area (Å²) in [5, 5.41) is 0.217. The largest absolute Gasteiger partial charge is 0.460 e. The molecule has 0 radical (unpaired) electrons. The molecule has 0 saturated carbocycles. The van der Waals surface area contributed by atoms with Gasteiger partial charge >= 0.3 is 0 Å². The van der Waals surface area contributed by atoms with E-state index in [9.17, 15) is 14.0 Å². The van der Waals surface area contributed by atoms with Gasteiger partial charge in [-0.15, -0.1) is 0 Å². The Morgan fingerprint density at radius 3 is 2.61 bits per heavy atom. The number of rotatable bonds is 6. The Balaban J connectivity index is 1.75. The minimum atomic E-state index is -0.388. The molecule has 7 heteroatoms. The topological polar surface area (TPSA) is 68.3 Å². The average molecular weight is 419 g/mol. The molecule has 0 bridgehead atoms. The molecule has 1 aromatic carbocycles. The molecule has 4 aromatic rings. The van der Waals surface area contributed by atoms with E-state index in [2.05, 4.69) is 4.98 Å². The second-order valence-electron chi connectivity index (χ2n) is 7.29. The number of furan rings is 1. The molecular formula is C24H22FN3O3. The first-order valence-electron chi connectivity index (χ1n) is 10.0. The summed E-state index contributed by atoms with van der Waals surface area (Å²) >= 11 is 0. The van der Waals surface area contributed by atoms with E-state index in [1.807, 2.05) is 19.1 Å². The van der Waals surface area contributed by atoms with Gasteiger partial charge in [-0.2, -0.15) is 0 Å². The maximum atomic E-state index is 14.1. The molecule has 1 amide bonds. The third-order valence-corrected chi connectivity index (χ3v) is 5.30. The fraction of sp³-hybridized carbons (Fsp3) is 0.208. The molecule has 0 aliphatic rings. The highest BCUT2D eigenvalue weighted by molar-refractivity contribution is 6.06. The summed E-state index contributed by atoms with van der Waals surface area (Å²) in [4.78, 5) is 32.3. The molecule has 0 atom stereocenters. The van der Waals surface area contributed by atoms with Crippen molar-refractivity contribution in [1.82, 2.24) is 14.5 Å². The zero-order chi connectivity index (χ0) is 22.0. The number of pyridine rings is 2. The summed E-state index contributed by atoms with van der Waals surface area (Å²) < 4.78 is 21.2. The van der Waals surface area contributed by atoms with E-state index >= 15 is 0 Å². The van der Waals surface area contributed by atoms with Gasteiger partial charge in [0.05, 0.1) is 17.5 Å². The van der Waals surface area contributed by atoms with Crippen molar-refractivity contribution >= 4 is 16.9 Å². The number of carbonyl (C=O) groups is 1. The maximum Gasteiger partial charge on any atom is 0.262 e. The first-order chi connectivity index (χ1) is 15.0. The van der Waals surface area contributed by atoms with Crippen LogP contribution in [0.4, 0.5) is 4.39 Å². The molecule has 0 spiro atoms. The van der Waals surface area contributed by atoms with Gasteiger partial charge in [-0.05, 0) is 43.7 Å². The highest BCUT2D eigenvalue weighted by atomic mass is 19.1. The zero-order valence-electron chi connectivity index (χ0n) is 17.3. The van der Waals surface area contributed by atoms with Crippen molar-refractivity contribution in [2.45, 2.75) is 26.9 Å². The molecule has 3 aromatic heterocycles. The Bertz CT molecular complexity index is 1290. The molecule has 31 heavy (non-hydrogen) atoms. The minimum absolute atomic E-state index is 0.0633. The lowest BCUT2D eigenvalue weighted by Crippen LogP contribution is -2.32. The maximum absolute atomic E-state index is 14.1. The first kappa shape index (κ1) is 20.5. The van der Waals surface area contributed by atoms with Crippen molar-refractivity contribution in [3.63, 3.8) is 0 Å². The number of aromatic nitrogens is 2. The Morgan fingerprint density at radius 1 is 1.16 bits per heavy atom. The number of aryl methyl sites for hydroxylation is 1. The number of amides is 1. The van der Waals surface area contributed by atoms with Crippen LogP contribution in [0.25, 0.3) is 11.0 Å². The molecule has 158 valence electrons. The SMILES string of the molecule is CCN(Cc1ccncc1)C(=O)c1c(C)oc2ccn(Cc3ccccc3F)c(=O)c12.